The maximum absolute atomic E-state index is 11.8. The van der Waals surface area contributed by atoms with E-state index in [1.165, 1.54) is 0 Å². The fourth-order valence-electron chi connectivity index (χ4n) is 2.19. The largest absolute Gasteiger partial charge is 0.482 e. The molecule has 0 aliphatic carbocycles. The maximum Gasteiger partial charge on any atom is 0.277 e. The van der Waals surface area contributed by atoms with Crippen LogP contribution in [0.4, 0.5) is 0 Å². The van der Waals surface area contributed by atoms with E-state index in [1.807, 2.05) is 37.4 Å². The third kappa shape index (κ3) is 3.55. The number of amides is 1. The number of H-pyrrole nitrogens is 1. The molecule has 3 rings (SSSR count). The summed E-state index contributed by atoms with van der Waals surface area (Å²) in [5.74, 6) is 0.259. The molecule has 0 aliphatic rings. The molecule has 0 unspecified atom stereocenters. The zero-order chi connectivity index (χ0) is 16.1. The number of nitrogens with zero attached hydrogens (tertiary/aromatic N) is 2. The highest BCUT2D eigenvalue weighted by Gasteiger charge is 2.04. The van der Waals surface area contributed by atoms with Crippen LogP contribution in [-0.2, 0) is 4.79 Å². The Labute approximate surface area is 133 Å². The number of hydrogen-bond acceptors (Lipinski definition) is 4. The number of nitrogens with one attached hydrogen (secondary N) is 2. The fourth-order valence-corrected chi connectivity index (χ4v) is 2.19. The third-order valence-electron chi connectivity index (χ3n) is 3.34. The summed E-state index contributed by atoms with van der Waals surface area (Å²) >= 11 is 0. The SMILES string of the molecule is Cc1ncccc1OCC(=O)NN=Cc1cccc2[nH]ccc12. The molecular formula is C17H16N4O2. The van der Waals surface area contributed by atoms with E-state index in [2.05, 4.69) is 20.5 Å². The van der Waals surface area contributed by atoms with Crippen molar-refractivity contribution in [3.63, 3.8) is 0 Å². The lowest BCUT2D eigenvalue weighted by molar-refractivity contribution is -0.123. The van der Waals surface area contributed by atoms with Crippen LogP contribution in [0.25, 0.3) is 10.9 Å². The van der Waals surface area contributed by atoms with Crippen LogP contribution in [0, 0.1) is 6.92 Å². The molecule has 23 heavy (non-hydrogen) atoms. The second-order valence-corrected chi connectivity index (χ2v) is 4.95. The van der Waals surface area contributed by atoms with Crippen LogP contribution in [0.5, 0.6) is 5.75 Å². The minimum atomic E-state index is -0.328. The van der Waals surface area contributed by atoms with E-state index < -0.39 is 0 Å². The van der Waals surface area contributed by atoms with Crippen molar-refractivity contribution in [3.8, 4) is 5.75 Å². The zero-order valence-corrected chi connectivity index (χ0v) is 12.6. The number of aromatic amines is 1. The Hall–Kier alpha value is -3.15. The van der Waals surface area contributed by atoms with E-state index in [0.717, 1.165) is 22.2 Å². The van der Waals surface area contributed by atoms with Crippen molar-refractivity contribution in [1.82, 2.24) is 15.4 Å². The van der Waals surface area contributed by atoms with E-state index in [0.29, 0.717) is 5.75 Å². The lowest BCUT2D eigenvalue weighted by Gasteiger charge is -2.06. The first-order valence-electron chi connectivity index (χ1n) is 7.16. The number of aryl methyl sites for hydroxylation is 1. The first-order chi connectivity index (χ1) is 11.2. The average molecular weight is 308 g/mol. The molecule has 1 aromatic carbocycles. The second-order valence-electron chi connectivity index (χ2n) is 4.95. The monoisotopic (exact) mass is 308 g/mol. The number of hydrazone groups is 1. The molecule has 0 spiro atoms. The molecule has 0 fully saturated rings. The Bertz CT molecular complexity index is 854. The predicted octanol–water partition coefficient (Wildman–Crippen LogP) is 2.40. The Balaban J connectivity index is 1.57. The summed E-state index contributed by atoms with van der Waals surface area (Å²) in [6.07, 6.45) is 5.15. The Kier molecular flexibility index (Phi) is 4.33. The van der Waals surface area contributed by atoms with Gasteiger partial charge in [-0.25, -0.2) is 5.43 Å². The highest BCUT2D eigenvalue weighted by molar-refractivity contribution is 5.98. The molecule has 1 amide bonds. The van der Waals surface area contributed by atoms with Gasteiger partial charge in [0.1, 0.15) is 5.75 Å². The van der Waals surface area contributed by atoms with Gasteiger partial charge in [-0.2, -0.15) is 5.10 Å². The number of carbonyl (C=O) groups excluding carboxylic acids is 1. The lowest BCUT2D eigenvalue weighted by atomic mass is 10.1. The van der Waals surface area contributed by atoms with Gasteiger partial charge in [-0.15, -0.1) is 0 Å². The topological polar surface area (TPSA) is 79.4 Å². The minimum Gasteiger partial charge on any atom is -0.482 e. The normalized spacial score (nSPS) is 11.0. The molecule has 2 N–H and O–H groups in total. The van der Waals surface area contributed by atoms with Gasteiger partial charge in [0.15, 0.2) is 6.61 Å². The molecule has 116 valence electrons. The molecule has 3 aromatic rings. The fraction of sp³-hybridized carbons (Fsp3) is 0.118. The zero-order valence-electron chi connectivity index (χ0n) is 12.6. The van der Waals surface area contributed by atoms with E-state index in [-0.39, 0.29) is 12.5 Å². The van der Waals surface area contributed by atoms with Crippen LogP contribution < -0.4 is 10.2 Å². The summed E-state index contributed by atoms with van der Waals surface area (Å²) in [5, 5.41) is 5.02. The number of hydrogen-bond donors (Lipinski definition) is 2. The molecule has 0 saturated heterocycles. The third-order valence-corrected chi connectivity index (χ3v) is 3.34. The van der Waals surface area contributed by atoms with Crippen molar-refractivity contribution >= 4 is 23.0 Å². The number of rotatable bonds is 5. The summed E-state index contributed by atoms with van der Waals surface area (Å²) in [7, 11) is 0. The molecule has 0 atom stereocenters. The van der Waals surface area contributed by atoms with Crippen LogP contribution in [0.1, 0.15) is 11.3 Å². The Morgan fingerprint density at radius 2 is 2.26 bits per heavy atom. The van der Waals surface area contributed by atoms with E-state index in [9.17, 15) is 4.79 Å². The van der Waals surface area contributed by atoms with Crippen molar-refractivity contribution in [2.75, 3.05) is 6.61 Å². The Morgan fingerprint density at radius 1 is 1.35 bits per heavy atom. The first kappa shape index (κ1) is 14.8. The van der Waals surface area contributed by atoms with Crippen LogP contribution in [0.3, 0.4) is 0 Å². The van der Waals surface area contributed by atoms with Crippen molar-refractivity contribution in [2.24, 2.45) is 5.10 Å². The van der Waals surface area contributed by atoms with Crippen molar-refractivity contribution in [1.29, 1.82) is 0 Å². The number of fused-ring (bicyclic) bond motifs is 1. The number of ether oxygens (including phenoxy) is 1. The number of pyridine rings is 1. The van der Waals surface area contributed by atoms with Crippen LogP contribution in [-0.4, -0.2) is 28.7 Å². The lowest BCUT2D eigenvalue weighted by Crippen LogP contribution is -2.24. The summed E-state index contributed by atoms with van der Waals surface area (Å²) in [4.78, 5) is 19.0. The van der Waals surface area contributed by atoms with Crippen molar-refractivity contribution in [3.05, 3.63) is 60.0 Å². The molecule has 0 aliphatic heterocycles. The minimum absolute atomic E-state index is 0.113. The van der Waals surface area contributed by atoms with E-state index in [1.54, 1.807) is 24.5 Å². The van der Waals surface area contributed by atoms with Crippen molar-refractivity contribution in [2.45, 2.75) is 6.92 Å². The van der Waals surface area contributed by atoms with Gasteiger partial charge < -0.3 is 9.72 Å². The number of carbonyl (C=O) groups is 1. The summed E-state index contributed by atoms with van der Waals surface area (Å²) in [6.45, 7) is 1.71. The van der Waals surface area contributed by atoms with Gasteiger partial charge in [-0.3, -0.25) is 9.78 Å². The van der Waals surface area contributed by atoms with Crippen molar-refractivity contribution < 1.29 is 9.53 Å². The highest BCUT2D eigenvalue weighted by atomic mass is 16.5. The summed E-state index contributed by atoms with van der Waals surface area (Å²) in [6, 6.07) is 11.3. The quantitative estimate of drug-likeness (QED) is 0.561. The van der Waals surface area contributed by atoms with Gasteiger partial charge >= 0.3 is 0 Å². The van der Waals surface area contributed by atoms with Crippen LogP contribution in [0.15, 0.2) is 53.9 Å². The number of aromatic nitrogens is 2. The van der Waals surface area contributed by atoms with Crippen LogP contribution >= 0.6 is 0 Å². The van der Waals surface area contributed by atoms with Gasteiger partial charge in [-0.1, -0.05) is 12.1 Å². The van der Waals surface area contributed by atoms with Gasteiger partial charge in [0.2, 0.25) is 0 Å². The summed E-state index contributed by atoms with van der Waals surface area (Å²) < 4.78 is 5.41. The molecule has 2 heterocycles. The van der Waals surface area contributed by atoms with Gasteiger partial charge in [0, 0.05) is 28.9 Å². The van der Waals surface area contributed by atoms with Gasteiger partial charge in [0.25, 0.3) is 5.91 Å². The molecule has 0 saturated carbocycles. The molecule has 0 bridgehead atoms. The molecular weight excluding hydrogens is 292 g/mol. The van der Waals surface area contributed by atoms with Crippen LogP contribution in [0.2, 0.25) is 0 Å². The highest BCUT2D eigenvalue weighted by Crippen LogP contribution is 2.15. The smallest absolute Gasteiger partial charge is 0.277 e. The summed E-state index contributed by atoms with van der Waals surface area (Å²) in [5.41, 5.74) is 5.14. The number of benzene rings is 1. The predicted molar refractivity (Wildman–Crippen MR) is 88.5 cm³/mol. The molecule has 6 nitrogen and oxygen atoms in total. The Morgan fingerprint density at radius 3 is 3.13 bits per heavy atom. The maximum atomic E-state index is 11.8. The van der Waals surface area contributed by atoms with Gasteiger partial charge in [-0.05, 0) is 31.2 Å². The average Bonchev–Trinajstić information content (AvgIpc) is 3.03. The first-order valence-corrected chi connectivity index (χ1v) is 7.16. The molecule has 6 heteroatoms. The van der Waals surface area contributed by atoms with E-state index in [4.69, 9.17) is 4.74 Å². The molecule has 0 radical (unpaired) electrons. The second kappa shape index (κ2) is 6.74. The van der Waals surface area contributed by atoms with E-state index >= 15 is 0 Å². The standard InChI is InChI=1S/C17H16N4O2/c1-12-16(6-3-8-18-12)23-11-17(22)21-20-10-13-4-2-5-15-14(13)7-9-19-15/h2-10,19H,11H2,1H3,(H,21,22). The molecule has 2 aromatic heterocycles. The van der Waals surface area contributed by atoms with Gasteiger partial charge in [0.05, 0.1) is 11.9 Å².